The molecule has 1 aromatic rings. The van der Waals surface area contributed by atoms with Gasteiger partial charge in [-0.05, 0) is 11.6 Å². The van der Waals surface area contributed by atoms with Gasteiger partial charge < -0.3 is 5.32 Å². The van der Waals surface area contributed by atoms with Crippen LogP contribution in [0.1, 0.15) is 5.56 Å². The SMILES string of the molecule is N#CC1CNCCN1Cc1cccc(Cl)c1Cl. The maximum atomic E-state index is 9.07. The Morgan fingerprint density at radius 1 is 1.47 bits per heavy atom. The zero-order chi connectivity index (χ0) is 12.3. The highest BCUT2D eigenvalue weighted by atomic mass is 35.5. The zero-order valence-corrected chi connectivity index (χ0v) is 10.8. The van der Waals surface area contributed by atoms with Gasteiger partial charge in [-0.25, -0.2) is 0 Å². The molecule has 1 aromatic carbocycles. The molecule has 1 heterocycles. The second-order valence-electron chi connectivity index (χ2n) is 4.03. The van der Waals surface area contributed by atoms with Crippen LogP contribution < -0.4 is 5.32 Å². The predicted molar refractivity (Wildman–Crippen MR) is 69.1 cm³/mol. The maximum Gasteiger partial charge on any atom is 0.111 e. The summed E-state index contributed by atoms with van der Waals surface area (Å²) in [5, 5.41) is 13.4. The minimum absolute atomic E-state index is 0.0983. The Morgan fingerprint density at radius 2 is 2.29 bits per heavy atom. The van der Waals surface area contributed by atoms with E-state index in [9.17, 15) is 0 Å². The summed E-state index contributed by atoms with van der Waals surface area (Å²) in [7, 11) is 0. The van der Waals surface area contributed by atoms with Gasteiger partial charge in [0, 0.05) is 26.2 Å². The summed E-state index contributed by atoms with van der Waals surface area (Å²) in [6, 6.07) is 7.80. The first-order chi connectivity index (χ1) is 8.22. The first-order valence-electron chi connectivity index (χ1n) is 5.49. The molecule has 0 spiro atoms. The number of nitrogens with zero attached hydrogens (tertiary/aromatic N) is 2. The summed E-state index contributed by atoms with van der Waals surface area (Å²) >= 11 is 12.1. The summed E-state index contributed by atoms with van der Waals surface area (Å²) in [4.78, 5) is 2.12. The number of piperazine rings is 1. The smallest absolute Gasteiger partial charge is 0.111 e. The Balaban J connectivity index is 2.14. The first kappa shape index (κ1) is 12.7. The lowest BCUT2D eigenvalue weighted by Gasteiger charge is -2.32. The number of benzene rings is 1. The van der Waals surface area contributed by atoms with Crippen LogP contribution in [0.15, 0.2) is 18.2 Å². The van der Waals surface area contributed by atoms with Crippen LogP contribution in [0.4, 0.5) is 0 Å². The van der Waals surface area contributed by atoms with E-state index in [4.69, 9.17) is 28.5 Å². The third-order valence-electron chi connectivity index (χ3n) is 2.91. The maximum absolute atomic E-state index is 9.07. The van der Waals surface area contributed by atoms with E-state index in [1.165, 1.54) is 0 Å². The highest BCUT2D eigenvalue weighted by molar-refractivity contribution is 6.42. The van der Waals surface area contributed by atoms with Crippen LogP contribution in [0.25, 0.3) is 0 Å². The molecule has 1 atom stereocenters. The Bertz CT molecular complexity index is 442. The van der Waals surface area contributed by atoms with E-state index >= 15 is 0 Å². The van der Waals surface area contributed by atoms with E-state index in [1.54, 1.807) is 6.07 Å². The van der Waals surface area contributed by atoms with Crippen LogP contribution in [-0.2, 0) is 6.54 Å². The van der Waals surface area contributed by atoms with Gasteiger partial charge in [-0.2, -0.15) is 5.26 Å². The van der Waals surface area contributed by atoms with Gasteiger partial charge in [0.25, 0.3) is 0 Å². The Kier molecular flexibility index (Phi) is 4.25. The molecule has 17 heavy (non-hydrogen) atoms. The normalized spacial score (nSPS) is 21.1. The molecule has 1 N–H and O–H groups in total. The highest BCUT2D eigenvalue weighted by Gasteiger charge is 2.22. The van der Waals surface area contributed by atoms with Crippen LogP contribution in [0, 0.1) is 11.3 Å². The molecule has 0 saturated carbocycles. The number of hydrogen-bond donors (Lipinski definition) is 1. The lowest BCUT2D eigenvalue weighted by molar-refractivity contribution is 0.189. The molecule has 0 radical (unpaired) electrons. The fraction of sp³-hybridized carbons (Fsp3) is 0.417. The highest BCUT2D eigenvalue weighted by Crippen LogP contribution is 2.27. The fourth-order valence-corrected chi connectivity index (χ4v) is 2.33. The van der Waals surface area contributed by atoms with Gasteiger partial charge in [0.1, 0.15) is 6.04 Å². The van der Waals surface area contributed by atoms with Crippen molar-refractivity contribution in [2.24, 2.45) is 0 Å². The number of halogens is 2. The van der Waals surface area contributed by atoms with E-state index in [0.29, 0.717) is 23.1 Å². The number of nitriles is 1. The van der Waals surface area contributed by atoms with Gasteiger partial charge in [0.15, 0.2) is 0 Å². The quantitative estimate of drug-likeness (QED) is 0.896. The van der Waals surface area contributed by atoms with Gasteiger partial charge in [-0.3, -0.25) is 4.90 Å². The summed E-state index contributed by atoms with van der Waals surface area (Å²) in [6.07, 6.45) is 0. The van der Waals surface area contributed by atoms with Crippen molar-refractivity contribution in [2.45, 2.75) is 12.6 Å². The van der Waals surface area contributed by atoms with Crippen molar-refractivity contribution in [3.05, 3.63) is 33.8 Å². The van der Waals surface area contributed by atoms with Gasteiger partial charge in [-0.1, -0.05) is 35.3 Å². The van der Waals surface area contributed by atoms with Crippen LogP contribution in [0.2, 0.25) is 10.0 Å². The van der Waals surface area contributed by atoms with Crippen molar-refractivity contribution >= 4 is 23.2 Å². The number of nitrogens with one attached hydrogen (secondary N) is 1. The first-order valence-corrected chi connectivity index (χ1v) is 6.25. The molecule has 3 nitrogen and oxygen atoms in total. The minimum Gasteiger partial charge on any atom is -0.313 e. The minimum atomic E-state index is -0.0983. The van der Waals surface area contributed by atoms with Gasteiger partial charge >= 0.3 is 0 Å². The van der Waals surface area contributed by atoms with Crippen LogP contribution in [0.3, 0.4) is 0 Å². The molecule has 1 saturated heterocycles. The second kappa shape index (κ2) is 5.70. The third-order valence-corrected chi connectivity index (χ3v) is 3.77. The van der Waals surface area contributed by atoms with Crippen molar-refractivity contribution in [3.63, 3.8) is 0 Å². The van der Waals surface area contributed by atoms with Gasteiger partial charge in [0.05, 0.1) is 16.1 Å². The van der Waals surface area contributed by atoms with Crippen molar-refractivity contribution in [1.82, 2.24) is 10.2 Å². The van der Waals surface area contributed by atoms with E-state index in [-0.39, 0.29) is 6.04 Å². The molecule has 90 valence electrons. The average molecular weight is 270 g/mol. The Labute approximate surface area is 111 Å². The van der Waals surface area contributed by atoms with Crippen LogP contribution in [-0.4, -0.2) is 30.6 Å². The molecule has 1 fully saturated rings. The fourth-order valence-electron chi connectivity index (χ4n) is 1.95. The summed E-state index contributed by atoms with van der Waals surface area (Å²) in [5.74, 6) is 0. The van der Waals surface area contributed by atoms with Gasteiger partial charge in [-0.15, -0.1) is 0 Å². The zero-order valence-electron chi connectivity index (χ0n) is 9.29. The summed E-state index contributed by atoms with van der Waals surface area (Å²) < 4.78 is 0. The van der Waals surface area contributed by atoms with Gasteiger partial charge in [0.2, 0.25) is 0 Å². The predicted octanol–water partition coefficient (Wildman–Crippen LogP) is 2.29. The third kappa shape index (κ3) is 2.91. The van der Waals surface area contributed by atoms with Crippen molar-refractivity contribution in [3.8, 4) is 6.07 Å². The molecular formula is C12H13Cl2N3. The molecule has 0 amide bonds. The second-order valence-corrected chi connectivity index (χ2v) is 4.82. The van der Waals surface area contributed by atoms with Crippen LogP contribution in [0.5, 0.6) is 0 Å². The van der Waals surface area contributed by atoms with Crippen molar-refractivity contribution in [2.75, 3.05) is 19.6 Å². The van der Waals surface area contributed by atoms with E-state index in [2.05, 4.69) is 16.3 Å². The number of rotatable bonds is 2. The summed E-state index contributed by atoms with van der Waals surface area (Å²) in [5.41, 5.74) is 0.973. The molecular weight excluding hydrogens is 257 g/mol. The molecule has 0 bridgehead atoms. The average Bonchev–Trinajstić information content (AvgIpc) is 2.35. The Morgan fingerprint density at radius 3 is 3.06 bits per heavy atom. The largest absolute Gasteiger partial charge is 0.313 e. The molecule has 2 rings (SSSR count). The lowest BCUT2D eigenvalue weighted by atomic mass is 10.1. The monoisotopic (exact) mass is 269 g/mol. The topological polar surface area (TPSA) is 39.1 Å². The molecule has 1 aliphatic heterocycles. The molecule has 1 unspecified atom stereocenters. The van der Waals surface area contributed by atoms with E-state index in [1.807, 2.05) is 12.1 Å². The van der Waals surface area contributed by atoms with Crippen molar-refractivity contribution in [1.29, 1.82) is 5.26 Å². The molecule has 0 aromatic heterocycles. The molecule has 1 aliphatic rings. The standard InChI is InChI=1S/C12H13Cl2N3/c13-11-3-1-2-9(12(11)14)8-17-5-4-16-7-10(17)6-15/h1-3,10,16H,4-5,7-8H2. The number of hydrogen-bond acceptors (Lipinski definition) is 3. The Hall–Kier alpha value is -0.790. The summed E-state index contributed by atoms with van der Waals surface area (Å²) in [6.45, 7) is 3.12. The lowest BCUT2D eigenvalue weighted by Crippen LogP contribution is -2.50. The van der Waals surface area contributed by atoms with Crippen LogP contribution >= 0.6 is 23.2 Å². The van der Waals surface area contributed by atoms with Crippen molar-refractivity contribution < 1.29 is 0 Å². The van der Waals surface area contributed by atoms with E-state index in [0.717, 1.165) is 18.7 Å². The molecule has 0 aliphatic carbocycles. The molecule has 5 heteroatoms. The van der Waals surface area contributed by atoms with E-state index < -0.39 is 0 Å².